The van der Waals surface area contributed by atoms with Gasteiger partial charge in [0.05, 0.1) is 0 Å². The molecule has 43 valence electrons. The maximum atomic E-state index is 11.5. The van der Waals surface area contributed by atoms with Crippen LogP contribution in [0.15, 0.2) is 0 Å². The fourth-order valence-electron chi connectivity index (χ4n) is 0.154. The van der Waals surface area contributed by atoms with E-state index in [2.05, 4.69) is 0 Å². The van der Waals surface area contributed by atoms with Crippen LogP contribution in [-0.2, 0) is 0 Å². The second-order valence-electron chi connectivity index (χ2n) is 1.60. The fraction of sp³-hybridized carbons (Fsp3) is 1.00. The van der Waals surface area contributed by atoms with E-state index in [0.717, 1.165) is 0 Å². The minimum Gasteiger partial charge on any atom is -0.268 e. The smallest absolute Gasteiger partial charge is 0.268 e. The molecule has 3 heteroatoms. The van der Waals surface area contributed by atoms with Crippen molar-refractivity contribution in [3.8, 4) is 0 Å². The standard InChI is InChI=1S/C4H9F2Si/c1-3-4(2)7(5)6/h4H,3H2,1-2H3. The number of rotatable bonds is 2. The van der Waals surface area contributed by atoms with E-state index >= 15 is 0 Å². The minimum atomic E-state index is -2.96. The molecule has 0 N–H and O–H groups in total. The van der Waals surface area contributed by atoms with E-state index < -0.39 is 9.46 Å². The molecule has 1 atom stereocenters. The number of halogens is 2. The van der Waals surface area contributed by atoms with Crippen LogP contribution in [0.5, 0.6) is 0 Å². The van der Waals surface area contributed by atoms with Crippen molar-refractivity contribution in [3.63, 3.8) is 0 Å². The van der Waals surface area contributed by atoms with Crippen LogP contribution in [0.1, 0.15) is 20.3 Å². The molecule has 0 aliphatic carbocycles. The Morgan fingerprint density at radius 3 is 2.00 bits per heavy atom. The SMILES string of the molecule is CCC(C)[Si](F)F. The Labute approximate surface area is 44.5 Å². The van der Waals surface area contributed by atoms with Crippen molar-refractivity contribution in [1.29, 1.82) is 0 Å². The van der Waals surface area contributed by atoms with Crippen molar-refractivity contribution < 1.29 is 8.22 Å². The molecule has 0 aromatic carbocycles. The van der Waals surface area contributed by atoms with E-state index in [9.17, 15) is 8.22 Å². The Kier molecular flexibility index (Phi) is 3.16. The summed E-state index contributed by atoms with van der Waals surface area (Å²) in [6.45, 7) is 3.38. The Morgan fingerprint density at radius 2 is 2.00 bits per heavy atom. The Morgan fingerprint density at radius 1 is 1.57 bits per heavy atom. The van der Waals surface area contributed by atoms with Crippen LogP contribution < -0.4 is 0 Å². The summed E-state index contributed by atoms with van der Waals surface area (Å²) in [6, 6.07) is 0. The molecule has 0 nitrogen and oxygen atoms in total. The molecule has 0 spiro atoms. The van der Waals surface area contributed by atoms with Crippen LogP contribution in [0.2, 0.25) is 5.54 Å². The van der Waals surface area contributed by atoms with Crippen molar-refractivity contribution in [2.45, 2.75) is 25.8 Å². The normalized spacial score (nSPS) is 15.0. The lowest BCUT2D eigenvalue weighted by Crippen LogP contribution is -2.03. The lowest BCUT2D eigenvalue weighted by Gasteiger charge is -1.98. The zero-order valence-corrected chi connectivity index (χ0v) is 5.54. The predicted molar refractivity (Wildman–Crippen MR) is 27.7 cm³/mol. The highest BCUT2D eigenvalue weighted by molar-refractivity contribution is 6.44. The second-order valence-corrected chi connectivity index (χ2v) is 3.16. The highest BCUT2D eigenvalue weighted by atomic mass is 28.4. The van der Waals surface area contributed by atoms with E-state index in [1.165, 1.54) is 0 Å². The van der Waals surface area contributed by atoms with Gasteiger partial charge in [0.25, 0.3) is 0 Å². The fourth-order valence-corrected chi connectivity index (χ4v) is 0.463. The van der Waals surface area contributed by atoms with E-state index in [4.69, 9.17) is 0 Å². The Hall–Kier alpha value is 0.0769. The van der Waals surface area contributed by atoms with Crippen LogP contribution in [-0.4, -0.2) is 9.46 Å². The Bertz CT molecular complexity index is 47.0. The van der Waals surface area contributed by atoms with Gasteiger partial charge in [0.1, 0.15) is 0 Å². The average Bonchev–Trinajstić information content (AvgIpc) is 1.65. The first-order valence-electron chi connectivity index (χ1n) is 2.36. The van der Waals surface area contributed by atoms with E-state index in [1.54, 1.807) is 13.8 Å². The predicted octanol–water partition coefficient (Wildman–Crippen LogP) is 2.21. The molecule has 0 saturated carbocycles. The van der Waals surface area contributed by atoms with Gasteiger partial charge in [0.15, 0.2) is 0 Å². The largest absolute Gasteiger partial charge is 0.479 e. The molecule has 0 aromatic heterocycles. The molecule has 0 aromatic rings. The third-order valence-corrected chi connectivity index (χ3v) is 2.14. The topological polar surface area (TPSA) is 0 Å². The van der Waals surface area contributed by atoms with E-state index in [1.807, 2.05) is 0 Å². The molecule has 0 heterocycles. The molecule has 1 radical (unpaired) electrons. The van der Waals surface area contributed by atoms with Crippen LogP contribution in [0.3, 0.4) is 0 Å². The van der Waals surface area contributed by atoms with Gasteiger partial charge in [-0.2, -0.15) is 0 Å². The third kappa shape index (κ3) is 2.74. The zero-order valence-electron chi connectivity index (χ0n) is 4.54. The summed E-state index contributed by atoms with van der Waals surface area (Å²) in [5, 5.41) is 0. The van der Waals surface area contributed by atoms with Gasteiger partial charge in [-0.15, -0.1) is 0 Å². The van der Waals surface area contributed by atoms with E-state index in [-0.39, 0.29) is 5.54 Å². The summed E-state index contributed by atoms with van der Waals surface area (Å²) >= 11 is 0. The molecule has 7 heavy (non-hydrogen) atoms. The summed E-state index contributed by atoms with van der Waals surface area (Å²) in [5.41, 5.74) is -0.329. The summed E-state index contributed by atoms with van der Waals surface area (Å²) in [6.07, 6.45) is 0.612. The van der Waals surface area contributed by atoms with Gasteiger partial charge in [-0.3, -0.25) is 8.22 Å². The van der Waals surface area contributed by atoms with Crippen LogP contribution >= 0.6 is 0 Å². The first-order chi connectivity index (χ1) is 3.18. The van der Waals surface area contributed by atoms with Gasteiger partial charge in [-0.25, -0.2) is 0 Å². The first kappa shape index (κ1) is 7.08. The number of hydrogen-bond acceptors (Lipinski definition) is 0. The van der Waals surface area contributed by atoms with Crippen molar-refractivity contribution >= 4 is 9.46 Å². The quantitative estimate of drug-likeness (QED) is 0.390. The van der Waals surface area contributed by atoms with Gasteiger partial charge in [-0.1, -0.05) is 20.3 Å². The van der Waals surface area contributed by atoms with Gasteiger partial charge in [0.2, 0.25) is 0 Å². The monoisotopic (exact) mass is 123 g/mol. The number of hydrogen-bond donors (Lipinski definition) is 0. The molecular weight excluding hydrogens is 114 g/mol. The van der Waals surface area contributed by atoms with Crippen LogP contribution in [0.25, 0.3) is 0 Å². The maximum absolute atomic E-state index is 11.5. The summed E-state index contributed by atoms with van der Waals surface area (Å²) in [4.78, 5) is 0. The molecule has 0 bridgehead atoms. The Balaban J connectivity index is 3.14. The van der Waals surface area contributed by atoms with Gasteiger partial charge >= 0.3 is 9.46 Å². The molecule has 0 saturated heterocycles. The first-order valence-corrected chi connectivity index (χ1v) is 3.69. The maximum Gasteiger partial charge on any atom is 0.479 e. The summed E-state index contributed by atoms with van der Waals surface area (Å²) in [7, 11) is -2.96. The van der Waals surface area contributed by atoms with Gasteiger partial charge in [0, 0.05) is 5.54 Å². The zero-order chi connectivity index (χ0) is 5.86. The molecule has 0 aliphatic heterocycles. The van der Waals surface area contributed by atoms with Crippen molar-refractivity contribution in [2.75, 3.05) is 0 Å². The lowest BCUT2D eigenvalue weighted by atomic mass is 10.4. The molecule has 0 fully saturated rings. The van der Waals surface area contributed by atoms with E-state index in [0.29, 0.717) is 6.42 Å². The van der Waals surface area contributed by atoms with Crippen LogP contribution in [0.4, 0.5) is 8.22 Å². The minimum absolute atomic E-state index is 0.329. The average molecular weight is 123 g/mol. The lowest BCUT2D eigenvalue weighted by molar-refractivity contribution is 0.604. The highest BCUT2D eigenvalue weighted by Crippen LogP contribution is 2.14. The molecular formula is C4H9F2Si. The van der Waals surface area contributed by atoms with Gasteiger partial charge in [-0.05, 0) is 0 Å². The second kappa shape index (κ2) is 3.13. The molecule has 0 amide bonds. The summed E-state index contributed by atoms with van der Waals surface area (Å²) in [5.74, 6) is 0. The molecule has 0 rings (SSSR count). The van der Waals surface area contributed by atoms with Crippen molar-refractivity contribution in [2.24, 2.45) is 0 Å². The highest BCUT2D eigenvalue weighted by Gasteiger charge is 2.17. The summed E-state index contributed by atoms with van der Waals surface area (Å²) < 4.78 is 23.1. The van der Waals surface area contributed by atoms with Crippen molar-refractivity contribution in [1.82, 2.24) is 0 Å². The third-order valence-electron chi connectivity index (χ3n) is 0.985. The van der Waals surface area contributed by atoms with Crippen molar-refractivity contribution in [3.05, 3.63) is 0 Å². The van der Waals surface area contributed by atoms with Crippen LogP contribution in [0, 0.1) is 0 Å². The molecule has 0 aliphatic rings. The molecule has 1 unspecified atom stereocenters. The van der Waals surface area contributed by atoms with Gasteiger partial charge < -0.3 is 0 Å².